The van der Waals surface area contributed by atoms with Crippen molar-refractivity contribution in [2.24, 2.45) is 0 Å². The van der Waals surface area contributed by atoms with Crippen molar-refractivity contribution in [3.05, 3.63) is 94.5 Å². The first-order chi connectivity index (χ1) is 20.8. The molecule has 0 saturated carbocycles. The molecule has 9 heteroatoms. The second-order valence-corrected chi connectivity index (χ2v) is 11.2. The molecule has 0 bridgehead atoms. The minimum Gasteiger partial charge on any atom is -0.488 e. The molecule has 2 heterocycles. The van der Waals surface area contributed by atoms with Gasteiger partial charge in [0, 0.05) is 37.8 Å². The van der Waals surface area contributed by atoms with E-state index in [1.165, 1.54) is 0 Å². The molecule has 0 spiro atoms. The maximum Gasteiger partial charge on any atom is 0.410 e. The van der Waals surface area contributed by atoms with Crippen LogP contribution in [0.15, 0.2) is 66.7 Å². The van der Waals surface area contributed by atoms with Gasteiger partial charge in [-0.2, -0.15) is 0 Å². The van der Waals surface area contributed by atoms with Crippen LogP contribution in [0.2, 0.25) is 0 Å². The zero-order valence-electron chi connectivity index (χ0n) is 24.8. The number of hydrogen-bond donors (Lipinski definition) is 2. The van der Waals surface area contributed by atoms with Crippen molar-refractivity contribution in [1.82, 2.24) is 9.80 Å². The van der Waals surface area contributed by atoms with Crippen molar-refractivity contribution >= 4 is 23.8 Å². The highest BCUT2D eigenvalue weighted by atomic mass is 16.6. The monoisotopic (exact) mass is 585 g/mol. The molecule has 0 radical (unpaired) electrons. The van der Waals surface area contributed by atoms with Gasteiger partial charge in [-0.15, -0.1) is 0 Å². The molecule has 1 atom stereocenters. The molecule has 1 saturated heterocycles. The largest absolute Gasteiger partial charge is 0.488 e. The number of hydrogen-bond acceptors (Lipinski definition) is 5. The number of rotatable bonds is 9. The zero-order valence-corrected chi connectivity index (χ0v) is 24.8. The van der Waals surface area contributed by atoms with E-state index in [2.05, 4.69) is 5.32 Å². The van der Waals surface area contributed by atoms with Crippen molar-refractivity contribution < 1.29 is 29.0 Å². The van der Waals surface area contributed by atoms with Crippen molar-refractivity contribution in [2.45, 2.75) is 64.7 Å². The first-order valence-electron chi connectivity index (χ1n) is 15.0. The van der Waals surface area contributed by atoms with Gasteiger partial charge in [0.2, 0.25) is 6.10 Å². The summed E-state index contributed by atoms with van der Waals surface area (Å²) in [5.41, 5.74) is 5.66. The van der Waals surface area contributed by atoms with E-state index in [-0.39, 0.29) is 18.5 Å². The Labute approximate surface area is 252 Å². The van der Waals surface area contributed by atoms with Gasteiger partial charge in [0.15, 0.2) is 0 Å². The van der Waals surface area contributed by atoms with Gasteiger partial charge in [0.1, 0.15) is 12.4 Å². The number of carboxylic acids is 1. The minimum atomic E-state index is -1.32. The number of nitrogens with one attached hydrogen (secondary N) is 1. The number of piperidine rings is 1. The average Bonchev–Trinajstić information content (AvgIpc) is 3.18. The number of fused-ring (bicyclic) bond motifs is 1. The molecule has 1 unspecified atom stereocenters. The third-order valence-corrected chi connectivity index (χ3v) is 8.26. The number of anilines is 1. The molecule has 2 N–H and O–H groups in total. The predicted octanol–water partition coefficient (Wildman–Crippen LogP) is 5.82. The number of aryl methyl sites for hydroxylation is 2. The molecule has 226 valence electrons. The fraction of sp³-hybridized carbons (Fsp3) is 0.382. The van der Waals surface area contributed by atoms with Gasteiger partial charge >= 0.3 is 18.1 Å². The standard InChI is InChI=1S/C34H39N3O6/c1-3-26-20-25(19-23(2)31(26)42-22-24-9-5-4-6-10-24)21-30(32(38)39)43-34(41)36-16-14-28(15-17-36)37-18-13-27-11-7-8-12-29(27)35-33(37)40/h4-12,19-20,28,30H,3,13-18,21-22H2,1-2H3,(H,35,40)(H,38,39). The van der Waals surface area contributed by atoms with Crippen LogP contribution in [0.4, 0.5) is 15.3 Å². The van der Waals surface area contributed by atoms with Crippen LogP contribution in [-0.4, -0.2) is 64.8 Å². The summed E-state index contributed by atoms with van der Waals surface area (Å²) in [6.45, 7) is 5.79. The maximum atomic E-state index is 13.0. The van der Waals surface area contributed by atoms with E-state index in [1.54, 1.807) is 4.90 Å². The number of nitrogens with zero attached hydrogens (tertiary/aromatic N) is 2. The molecular formula is C34H39N3O6. The van der Waals surface area contributed by atoms with Crippen LogP contribution in [0.1, 0.15) is 47.6 Å². The quantitative estimate of drug-likeness (QED) is 0.328. The fourth-order valence-electron chi connectivity index (χ4n) is 5.93. The van der Waals surface area contributed by atoms with Gasteiger partial charge < -0.3 is 29.7 Å². The van der Waals surface area contributed by atoms with E-state index in [1.807, 2.05) is 85.5 Å². The SMILES string of the molecule is CCc1cc(CC(OC(=O)N2CCC(N3CCc4ccccc4NC3=O)CC2)C(=O)O)cc(C)c1OCc1ccccc1. The van der Waals surface area contributed by atoms with Crippen molar-refractivity contribution in [3.8, 4) is 5.75 Å². The molecular weight excluding hydrogens is 546 g/mol. The average molecular weight is 586 g/mol. The van der Waals surface area contributed by atoms with E-state index in [0.29, 0.717) is 45.5 Å². The van der Waals surface area contributed by atoms with E-state index in [9.17, 15) is 19.5 Å². The summed E-state index contributed by atoms with van der Waals surface area (Å²) in [4.78, 5) is 41.5. The summed E-state index contributed by atoms with van der Waals surface area (Å²) in [7, 11) is 0. The molecule has 3 aromatic rings. The lowest BCUT2D eigenvalue weighted by molar-refractivity contribution is -0.147. The number of likely N-dealkylation sites (tertiary alicyclic amines) is 1. The molecule has 0 aromatic heterocycles. The number of carbonyl (C=O) groups excluding carboxylic acids is 2. The van der Waals surface area contributed by atoms with E-state index >= 15 is 0 Å². The summed E-state index contributed by atoms with van der Waals surface area (Å²) in [5, 5.41) is 12.9. The Bertz CT molecular complexity index is 1450. The maximum absolute atomic E-state index is 13.0. The topological polar surface area (TPSA) is 108 Å². The molecule has 5 rings (SSSR count). The van der Waals surface area contributed by atoms with Gasteiger partial charge in [-0.1, -0.05) is 67.6 Å². The van der Waals surface area contributed by atoms with E-state index < -0.39 is 18.2 Å². The van der Waals surface area contributed by atoms with Gasteiger partial charge in [0.05, 0.1) is 0 Å². The van der Waals surface area contributed by atoms with Crippen LogP contribution in [0.5, 0.6) is 5.75 Å². The summed E-state index contributed by atoms with van der Waals surface area (Å²) < 4.78 is 11.7. The first kappa shape index (κ1) is 29.9. The Morgan fingerprint density at radius 2 is 1.72 bits per heavy atom. The van der Waals surface area contributed by atoms with Crippen molar-refractivity contribution in [3.63, 3.8) is 0 Å². The van der Waals surface area contributed by atoms with Crippen LogP contribution >= 0.6 is 0 Å². The zero-order chi connectivity index (χ0) is 30.3. The highest BCUT2D eigenvalue weighted by molar-refractivity contribution is 5.91. The predicted molar refractivity (Wildman–Crippen MR) is 163 cm³/mol. The minimum absolute atomic E-state index is 0.00769. The molecule has 43 heavy (non-hydrogen) atoms. The Kier molecular flexibility index (Phi) is 9.49. The third-order valence-electron chi connectivity index (χ3n) is 8.26. The van der Waals surface area contributed by atoms with Crippen LogP contribution in [0, 0.1) is 6.92 Å². The number of aliphatic carboxylic acids is 1. The lowest BCUT2D eigenvalue weighted by atomic mass is 9.99. The summed E-state index contributed by atoms with van der Waals surface area (Å²) in [6, 6.07) is 21.4. The smallest absolute Gasteiger partial charge is 0.410 e. The number of para-hydroxylation sites is 1. The fourth-order valence-corrected chi connectivity index (χ4v) is 5.93. The summed E-state index contributed by atoms with van der Waals surface area (Å²) in [5.74, 6) is -0.395. The normalized spacial score (nSPS) is 16.1. The number of urea groups is 1. The highest BCUT2D eigenvalue weighted by Crippen LogP contribution is 2.29. The Balaban J connectivity index is 1.17. The van der Waals surface area contributed by atoms with Crippen LogP contribution < -0.4 is 10.1 Å². The van der Waals surface area contributed by atoms with Crippen LogP contribution in [-0.2, 0) is 35.4 Å². The van der Waals surface area contributed by atoms with E-state index in [0.717, 1.165) is 45.7 Å². The summed E-state index contributed by atoms with van der Waals surface area (Å²) >= 11 is 0. The molecule has 1 fully saturated rings. The number of amides is 3. The molecule has 9 nitrogen and oxygen atoms in total. The number of carboxylic acid groups (broad SMARTS) is 1. The van der Waals surface area contributed by atoms with Crippen LogP contribution in [0.3, 0.4) is 0 Å². The summed E-state index contributed by atoms with van der Waals surface area (Å²) in [6.07, 6.45) is 0.761. The second-order valence-electron chi connectivity index (χ2n) is 11.2. The van der Waals surface area contributed by atoms with Gasteiger partial charge in [0.25, 0.3) is 0 Å². The van der Waals surface area contributed by atoms with E-state index in [4.69, 9.17) is 9.47 Å². The van der Waals surface area contributed by atoms with Crippen molar-refractivity contribution in [1.29, 1.82) is 0 Å². The highest BCUT2D eigenvalue weighted by Gasteiger charge is 2.33. The number of carbonyl (C=O) groups is 3. The molecule has 0 aliphatic carbocycles. The molecule has 2 aliphatic heterocycles. The molecule has 3 amide bonds. The van der Waals surface area contributed by atoms with Crippen molar-refractivity contribution in [2.75, 3.05) is 25.0 Å². The molecule has 3 aromatic carbocycles. The third kappa shape index (κ3) is 7.28. The molecule has 2 aliphatic rings. The Morgan fingerprint density at radius 3 is 2.44 bits per heavy atom. The number of benzene rings is 3. The Hall–Kier alpha value is -4.53. The first-order valence-corrected chi connectivity index (χ1v) is 15.0. The lowest BCUT2D eigenvalue weighted by Gasteiger charge is -2.37. The lowest BCUT2D eigenvalue weighted by Crippen LogP contribution is -2.50. The Morgan fingerprint density at radius 1 is 1.00 bits per heavy atom. The number of ether oxygens (including phenoxy) is 2. The van der Waals surface area contributed by atoms with Gasteiger partial charge in [-0.25, -0.2) is 14.4 Å². The second kappa shape index (κ2) is 13.6. The van der Waals surface area contributed by atoms with Gasteiger partial charge in [-0.3, -0.25) is 0 Å². The van der Waals surface area contributed by atoms with Gasteiger partial charge in [-0.05, 0) is 66.5 Å². The van der Waals surface area contributed by atoms with Crippen LogP contribution in [0.25, 0.3) is 0 Å².